The quantitative estimate of drug-likeness (QED) is 0.749. The number of hydrogen-bond acceptors (Lipinski definition) is 4. The minimum Gasteiger partial charge on any atom is -0.361 e. The van der Waals surface area contributed by atoms with Gasteiger partial charge in [0.2, 0.25) is 5.91 Å². The monoisotopic (exact) mass is 239 g/mol. The summed E-state index contributed by atoms with van der Waals surface area (Å²) in [4.78, 5) is 13.8. The van der Waals surface area contributed by atoms with Gasteiger partial charge in [-0.15, -0.1) is 0 Å². The molecule has 1 aromatic heterocycles. The Balaban J connectivity index is 2.30. The number of carbonyl (C=O) groups is 1. The van der Waals surface area contributed by atoms with E-state index in [9.17, 15) is 4.79 Å². The van der Waals surface area contributed by atoms with E-state index >= 15 is 0 Å². The normalized spacial score (nSPS) is 10.9. The fraction of sp³-hybridized carbons (Fsp3) is 0.667. The van der Waals surface area contributed by atoms with Crippen LogP contribution in [0.5, 0.6) is 0 Å². The van der Waals surface area contributed by atoms with E-state index in [0.717, 1.165) is 30.0 Å². The highest BCUT2D eigenvalue weighted by Gasteiger charge is 2.12. The summed E-state index contributed by atoms with van der Waals surface area (Å²) in [7, 11) is 4.04. The average Bonchev–Trinajstić information content (AvgIpc) is 2.56. The standard InChI is InChI=1S/C12H21N3O2/c1-9-11(10(2)17-14-9)8-12(16)13-6-5-7-15(3)4/h5-8H2,1-4H3,(H,13,16). The summed E-state index contributed by atoms with van der Waals surface area (Å²) in [5, 5.41) is 6.72. The predicted octanol–water partition coefficient (Wildman–Crippen LogP) is 0.902. The highest BCUT2D eigenvalue weighted by atomic mass is 16.5. The third-order valence-electron chi connectivity index (χ3n) is 2.62. The predicted molar refractivity (Wildman–Crippen MR) is 65.9 cm³/mol. The van der Waals surface area contributed by atoms with Gasteiger partial charge in [0.25, 0.3) is 0 Å². The van der Waals surface area contributed by atoms with E-state index in [0.29, 0.717) is 13.0 Å². The second-order valence-corrected chi connectivity index (χ2v) is 4.49. The first kappa shape index (κ1) is 13.7. The Morgan fingerprint density at radius 1 is 1.41 bits per heavy atom. The molecule has 0 saturated heterocycles. The maximum atomic E-state index is 11.7. The first-order valence-corrected chi connectivity index (χ1v) is 5.84. The first-order chi connectivity index (χ1) is 8.00. The molecule has 5 heteroatoms. The molecule has 0 atom stereocenters. The summed E-state index contributed by atoms with van der Waals surface area (Å²) in [5.74, 6) is 0.754. The molecule has 0 radical (unpaired) electrons. The maximum absolute atomic E-state index is 11.7. The van der Waals surface area contributed by atoms with Crippen LogP contribution >= 0.6 is 0 Å². The van der Waals surface area contributed by atoms with Crippen molar-refractivity contribution >= 4 is 5.91 Å². The molecule has 0 fully saturated rings. The van der Waals surface area contributed by atoms with Gasteiger partial charge in [-0.05, 0) is 40.9 Å². The highest BCUT2D eigenvalue weighted by Crippen LogP contribution is 2.12. The lowest BCUT2D eigenvalue weighted by Crippen LogP contribution is -2.28. The van der Waals surface area contributed by atoms with Gasteiger partial charge in [0.05, 0.1) is 12.1 Å². The number of carbonyl (C=O) groups excluding carboxylic acids is 1. The molecule has 1 rings (SSSR count). The Kier molecular flexibility index (Phi) is 5.15. The number of aryl methyl sites for hydroxylation is 2. The molecule has 0 aliphatic carbocycles. The number of hydrogen-bond donors (Lipinski definition) is 1. The van der Waals surface area contributed by atoms with Crippen molar-refractivity contribution in [1.82, 2.24) is 15.4 Å². The van der Waals surface area contributed by atoms with E-state index in [1.54, 1.807) is 0 Å². The summed E-state index contributed by atoms with van der Waals surface area (Å²) in [5.41, 5.74) is 1.70. The second-order valence-electron chi connectivity index (χ2n) is 4.49. The smallest absolute Gasteiger partial charge is 0.224 e. The molecular weight excluding hydrogens is 218 g/mol. The minimum atomic E-state index is 0.0261. The van der Waals surface area contributed by atoms with Crippen molar-refractivity contribution in [3.8, 4) is 0 Å². The third kappa shape index (κ3) is 4.56. The maximum Gasteiger partial charge on any atom is 0.224 e. The van der Waals surface area contributed by atoms with E-state index in [1.807, 2.05) is 27.9 Å². The van der Waals surface area contributed by atoms with Gasteiger partial charge in [-0.25, -0.2) is 0 Å². The Morgan fingerprint density at radius 2 is 2.12 bits per heavy atom. The summed E-state index contributed by atoms with van der Waals surface area (Å²) < 4.78 is 5.02. The van der Waals surface area contributed by atoms with Crippen LogP contribution in [0.3, 0.4) is 0 Å². The van der Waals surface area contributed by atoms with Gasteiger partial charge >= 0.3 is 0 Å². The number of nitrogens with zero attached hydrogens (tertiary/aromatic N) is 2. The summed E-state index contributed by atoms with van der Waals surface area (Å²) in [6.45, 7) is 5.37. The van der Waals surface area contributed by atoms with Crippen molar-refractivity contribution in [3.05, 3.63) is 17.0 Å². The Hall–Kier alpha value is -1.36. The number of amides is 1. The lowest BCUT2D eigenvalue weighted by Gasteiger charge is -2.09. The Bertz CT molecular complexity index is 352. The zero-order chi connectivity index (χ0) is 12.8. The van der Waals surface area contributed by atoms with Crippen molar-refractivity contribution in [3.63, 3.8) is 0 Å². The lowest BCUT2D eigenvalue weighted by molar-refractivity contribution is -0.120. The van der Waals surface area contributed by atoms with Crippen LogP contribution < -0.4 is 5.32 Å². The van der Waals surface area contributed by atoms with Crippen molar-refractivity contribution in [2.75, 3.05) is 27.2 Å². The van der Waals surface area contributed by atoms with Crippen LogP contribution in [0.1, 0.15) is 23.4 Å². The zero-order valence-electron chi connectivity index (χ0n) is 11.0. The Morgan fingerprint density at radius 3 is 2.65 bits per heavy atom. The summed E-state index contributed by atoms with van der Waals surface area (Å²) >= 11 is 0. The van der Waals surface area contributed by atoms with Gasteiger partial charge in [-0.3, -0.25) is 4.79 Å². The Labute approximate surface area is 102 Å². The average molecular weight is 239 g/mol. The van der Waals surface area contributed by atoms with E-state index in [2.05, 4.69) is 15.4 Å². The van der Waals surface area contributed by atoms with Crippen molar-refractivity contribution in [2.24, 2.45) is 0 Å². The van der Waals surface area contributed by atoms with Gasteiger partial charge in [0, 0.05) is 12.1 Å². The van der Waals surface area contributed by atoms with Gasteiger partial charge in [0.15, 0.2) is 0 Å². The first-order valence-electron chi connectivity index (χ1n) is 5.84. The minimum absolute atomic E-state index is 0.0261. The molecule has 1 N–H and O–H groups in total. The molecule has 1 heterocycles. The molecule has 0 bridgehead atoms. The number of rotatable bonds is 6. The highest BCUT2D eigenvalue weighted by molar-refractivity contribution is 5.78. The second kappa shape index (κ2) is 6.39. The molecule has 0 saturated carbocycles. The molecular formula is C12H21N3O2. The van der Waals surface area contributed by atoms with Crippen LogP contribution in [-0.2, 0) is 11.2 Å². The number of nitrogens with one attached hydrogen (secondary N) is 1. The van der Waals surface area contributed by atoms with E-state index in [-0.39, 0.29) is 5.91 Å². The summed E-state index contributed by atoms with van der Waals surface area (Å²) in [6, 6.07) is 0. The third-order valence-corrected chi connectivity index (χ3v) is 2.62. The van der Waals surface area contributed by atoms with Gasteiger partial charge in [0.1, 0.15) is 5.76 Å². The molecule has 0 aliphatic rings. The van der Waals surface area contributed by atoms with Crippen LogP contribution in [0.25, 0.3) is 0 Å². The van der Waals surface area contributed by atoms with Crippen molar-refractivity contribution < 1.29 is 9.32 Å². The fourth-order valence-electron chi connectivity index (χ4n) is 1.60. The fourth-order valence-corrected chi connectivity index (χ4v) is 1.60. The van der Waals surface area contributed by atoms with E-state index in [1.165, 1.54) is 0 Å². The molecule has 5 nitrogen and oxygen atoms in total. The number of aromatic nitrogens is 1. The van der Waals surface area contributed by atoms with Crippen molar-refractivity contribution in [2.45, 2.75) is 26.7 Å². The zero-order valence-corrected chi connectivity index (χ0v) is 11.0. The van der Waals surface area contributed by atoms with Crippen LogP contribution in [0.4, 0.5) is 0 Å². The largest absolute Gasteiger partial charge is 0.361 e. The molecule has 0 aromatic carbocycles. The summed E-state index contributed by atoms with van der Waals surface area (Å²) in [6.07, 6.45) is 1.31. The topological polar surface area (TPSA) is 58.4 Å². The molecule has 1 aromatic rings. The van der Waals surface area contributed by atoms with E-state index in [4.69, 9.17) is 4.52 Å². The van der Waals surface area contributed by atoms with Gasteiger partial charge in [-0.1, -0.05) is 5.16 Å². The SMILES string of the molecule is Cc1noc(C)c1CC(=O)NCCCN(C)C. The molecule has 0 aliphatic heterocycles. The van der Waals surface area contributed by atoms with Crippen LogP contribution in [-0.4, -0.2) is 43.1 Å². The molecule has 0 spiro atoms. The lowest BCUT2D eigenvalue weighted by atomic mass is 10.1. The van der Waals surface area contributed by atoms with E-state index < -0.39 is 0 Å². The molecule has 17 heavy (non-hydrogen) atoms. The van der Waals surface area contributed by atoms with Gasteiger partial charge < -0.3 is 14.7 Å². The van der Waals surface area contributed by atoms with Crippen molar-refractivity contribution in [1.29, 1.82) is 0 Å². The molecule has 0 unspecified atom stereocenters. The van der Waals surface area contributed by atoms with Crippen LogP contribution in [0.2, 0.25) is 0 Å². The van der Waals surface area contributed by atoms with Crippen LogP contribution in [0, 0.1) is 13.8 Å². The van der Waals surface area contributed by atoms with Crippen LogP contribution in [0.15, 0.2) is 4.52 Å². The van der Waals surface area contributed by atoms with Gasteiger partial charge in [-0.2, -0.15) is 0 Å². The molecule has 1 amide bonds. The molecule has 96 valence electrons.